The number of hydrogen-bond acceptors (Lipinski definition) is 4. The van der Waals surface area contributed by atoms with Gasteiger partial charge in [0, 0.05) is 10.4 Å². The van der Waals surface area contributed by atoms with Crippen LogP contribution < -0.4 is 0 Å². The Morgan fingerprint density at radius 1 is 0.455 bits per heavy atom. The van der Waals surface area contributed by atoms with E-state index in [4.69, 9.17) is 17.5 Å². The van der Waals surface area contributed by atoms with Crippen LogP contribution in [0.15, 0.2) is 0 Å². The fraction of sp³-hybridized carbons (Fsp3) is 1.00. The highest BCUT2D eigenvalue weighted by molar-refractivity contribution is 7.79. The molecule has 0 aliphatic carbocycles. The molecule has 0 aliphatic rings. The maximum absolute atomic E-state index is 8.52. The number of hydrogen-bond donors (Lipinski definition) is 0. The van der Waals surface area contributed by atoms with Crippen molar-refractivity contribution in [3.8, 4) is 0 Å². The number of nitrogens with zero attached hydrogens (tertiary/aromatic N) is 1. The van der Waals surface area contributed by atoms with E-state index >= 15 is 0 Å². The predicted octanol–water partition coefficient (Wildman–Crippen LogP) is 8.07. The molecule has 0 fully saturated rings. The second-order valence-electron chi connectivity index (χ2n) is 9.95. The van der Waals surface area contributed by atoms with Crippen LogP contribution in [0.4, 0.5) is 0 Å². The van der Waals surface area contributed by atoms with E-state index in [1.54, 1.807) is 0 Å². The first-order chi connectivity index (χ1) is 15.7. The summed E-state index contributed by atoms with van der Waals surface area (Å²) in [7, 11) is -5.17. The number of unbranched alkanes of at least 4 members (excludes halogenated alkanes) is 15. The SMILES string of the molecule is CCCCCCCC[N+](CCC)(CCCCCCCC)CCCCCCCC.O=S(=O)([O-])[O-].[H+]. The van der Waals surface area contributed by atoms with Crippen molar-refractivity contribution in [1.82, 2.24) is 0 Å². The monoisotopic (exact) mass is 493 g/mol. The van der Waals surface area contributed by atoms with Gasteiger partial charge in [-0.15, -0.1) is 0 Å². The van der Waals surface area contributed by atoms with Crippen LogP contribution >= 0.6 is 0 Å². The zero-order valence-corrected chi connectivity index (χ0v) is 23.6. The third-order valence-corrected chi connectivity index (χ3v) is 6.66. The largest absolute Gasteiger partial charge is 1.00 e. The molecule has 0 heterocycles. The van der Waals surface area contributed by atoms with Gasteiger partial charge in [0.05, 0.1) is 26.2 Å². The third-order valence-electron chi connectivity index (χ3n) is 6.66. The Balaban J connectivity index is -0.00000144. The molecular weight excluding hydrogens is 434 g/mol. The van der Waals surface area contributed by atoms with Gasteiger partial charge in [-0.25, -0.2) is 0 Å². The molecule has 202 valence electrons. The van der Waals surface area contributed by atoms with Crippen LogP contribution in [0, 0.1) is 0 Å². The van der Waals surface area contributed by atoms with E-state index in [0.29, 0.717) is 0 Å². The molecule has 6 heteroatoms. The molecule has 0 aromatic carbocycles. The molecule has 0 amide bonds. The van der Waals surface area contributed by atoms with Crippen LogP contribution in [0.1, 0.15) is 151 Å². The van der Waals surface area contributed by atoms with E-state index in [1.165, 1.54) is 153 Å². The van der Waals surface area contributed by atoms with Crippen molar-refractivity contribution < 1.29 is 23.4 Å². The summed E-state index contributed by atoms with van der Waals surface area (Å²) in [5, 5.41) is 0. The molecule has 0 radical (unpaired) electrons. The van der Waals surface area contributed by atoms with Crippen LogP contribution in [0.25, 0.3) is 0 Å². The molecular formula is C27H59NO4S. The molecule has 0 aromatic heterocycles. The summed E-state index contributed by atoms with van der Waals surface area (Å²) in [6.45, 7) is 15.2. The first-order valence-electron chi connectivity index (χ1n) is 14.3. The van der Waals surface area contributed by atoms with Crippen LogP contribution in [0.2, 0.25) is 0 Å². The van der Waals surface area contributed by atoms with Gasteiger partial charge in [-0.1, -0.05) is 105 Å². The maximum Gasteiger partial charge on any atom is 1.00 e. The summed E-state index contributed by atoms with van der Waals surface area (Å²) in [4.78, 5) is 0. The Hall–Kier alpha value is -0.170. The standard InChI is InChI=1S/C27H58N.H2O4S/c1-5-9-12-15-18-21-25-28(24-8-4,26-22-19-16-13-10-6-2)27-23-20-17-14-11-7-3;1-5(2,3)4/h5-27H2,1-4H3;(H2,1,2,3,4)/q+1;/p-1. The van der Waals surface area contributed by atoms with E-state index in [0.717, 1.165) is 0 Å². The normalized spacial score (nSPS) is 11.9. The lowest BCUT2D eigenvalue weighted by Crippen LogP contribution is -2.50. The third kappa shape index (κ3) is 29.8. The summed E-state index contributed by atoms with van der Waals surface area (Å²) >= 11 is 0. The topological polar surface area (TPSA) is 80.3 Å². The van der Waals surface area contributed by atoms with Gasteiger partial charge >= 0.3 is 1.43 Å². The van der Waals surface area contributed by atoms with Gasteiger partial charge in [0.1, 0.15) is 0 Å². The molecule has 0 aliphatic heterocycles. The van der Waals surface area contributed by atoms with Gasteiger partial charge in [0.25, 0.3) is 0 Å². The lowest BCUT2D eigenvalue weighted by Gasteiger charge is -2.39. The lowest BCUT2D eigenvalue weighted by molar-refractivity contribution is -0.929. The maximum atomic E-state index is 8.52. The Morgan fingerprint density at radius 3 is 0.939 bits per heavy atom. The first kappa shape index (κ1) is 35.0. The Bertz CT molecular complexity index is 440. The molecule has 0 saturated carbocycles. The van der Waals surface area contributed by atoms with Crippen molar-refractivity contribution in [1.29, 1.82) is 0 Å². The van der Waals surface area contributed by atoms with E-state index < -0.39 is 10.4 Å². The van der Waals surface area contributed by atoms with Crippen molar-refractivity contribution in [2.24, 2.45) is 0 Å². The minimum absolute atomic E-state index is 0. The van der Waals surface area contributed by atoms with Gasteiger partial charge in [0.2, 0.25) is 0 Å². The minimum atomic E-state index is -5.17. The van der Waals surface area contributed by atoms with Crippen LogP contribution in [0.5, 0.6) is 0 Å². The summed E-state index contributed by atoms with van der Waals surface area (Å²) in [5.41, 5.74) is 0. The summed E-state index contributed by atoms with van der Waals surface area (Å²) in [5.74, 6) is 0. The Labute approximate surface area is 209 Å². The molecule has 0 rings (SSSR count). The highest BCUT2D eigenvalue weighted by Gasteiger charge is 2.25. The van der Waals surface area contributed by atoms with Crippen molar-refractivity contribution in [3.05, 3.63) is 0 Å². The summed E-state index contributed by atoms with van der Waals surface area (Å²) in [6.07, 6.45) is 27.3. The molecule has 0 N–H and O–H groups in total. The quantitative estimate of drug-likeness (QED) is 0.0623. The first-order valence-corrected chi connectivity index (χ1v) is 15.6. The van der Waals surface area contributed by atoms with E-state index in [1.807, 2.05) is 0 Å². The molecule has 33 heavy (non-hydrogen) atoms. The fourth-order valence-electron chi connectivity index (χ4n) is 4.83. The number of quaternary nitrogens is 1. The highest BCUT2D eigenvalue weighted by Crippen LogP contribution is 2.19. The van der Waals surface area contributed by atoms with Crippen LogP contribution in [-0.2, 0) is 10.4 Å². The molecule has 0 bridgehead atoms. The van der Waals surface area contributed by atoms with Gasteiger partial charge < -0.3 is 13.6 Å². The van der Waals surface area contributed by atoms with Gasteiger partial charge in [-0.2, -0.15) is 0 Å². The average Bonchev–Trinajstić information content (AvgIpc) is 2.74. The second kappa shape index (κ2) is 24.9. The zero-order valence-electron chi connectivity index (χ0n) is 23.8. The van der Waals surface area contributed by atoms with Crippen molar-refractivity contribution in [3.63, 3.8) is 0 Å². The molecule has 0 saturated heterocycles. The summed E-state index contributed by atoms with van der Waals surface area (Å²) in [6, 6.07) is 0. The van der Waals surface area contributed by atoms with E-state index in [9.17, 15) is 0 Å². The second-order valence-corrected chi connectivity index (χ2v) is 10.8. The number of rotatable bonds is 23. The van der Waals surface area contributed by atoms with Crippen molar-refractivity contribution in [2.45, 2.75) is 150 Å². The molecule has 0 atom stereocenters. The van der Waals surface area contributed by atoms with Crippen LogP contribution in [-0.4, -0.2) is 48.2 Å². The zero-order chi connectivity index (χ0) is 25.3. The molecule has 0 aromatic rings. The predicted molar refractivity (Wildman–Crippen MR) is 142 cm³/mol. The van der Waals surface area contributed by atoms with E-state index in [2.05, 4.69) is 27.7 Å². The average molecular weight is 494 g/mol. The van der Waals surface area contributed by atoms with Gasteiger partial charge in [-0.05, 0) is 44.9 Å². The van der Waals surface area contributed by atoms with E-state index in [-0.39, 0.29) is 1.43 Å². The van der Waals surface area contributed by atoms with Gasteiger partial charge in [-0.3, -0.25) is 8.42 Å². The fourth-order valence-corrected chi connectivity index (χ4v) is 4.83. The van der Waals surface area contributed by atoms with Crippen LogP contribution in [0.3, 0.4) is 0 Å². The smallest absolute Gasteiger partial charge is 0.759 e. The van der Waals surface area contributed by atoms with Crippen molar-refractivity contribution in [2.75, 3.05) is 26.2 Å². The molecule has 5 nitrogen and oxygen atoms in total. The minimum Gasteiger partial charge on any atom is -0.759 e. The van der Waals surface area contributed by atoms with Gasteiger partial charge in [0.15, 0.2) is 0 Å². The Morgan fingerprint density at radius 2 is 0.697 bits per heavy atom. The lowest BCUT2D eigenvalue weighted by atomic mass is 10.1. The molecule has 0 spiro atoms. The van der Waals surface area contributed by atoms with Crippen molar-refractivity contribution >= 4 is 10.4 Å². The summed E-state index contributed by atoms with van der Waals surface area (Å²) < 4.78 is 35.5. The molecule has 0 unspecified atom stereocenters. The highest BCUT2D eigenvalue weighted by atomic mass is 32.3. The Kier molecular flexibility index (Phi) is 26.4.